The molecule has 0 fully saturated rings. The first-order valence-corrected chi connectivity index (χ1v) is 15.5. The van der Waals surface area contributed by atoms with Gasteiger partial charge in [-0.3, -0.25) is 9.98 Å². The average molecular weight is 557 g/mol. The first kappa shape index (κ1) is 27.0. The van der Waals surface area contributed by atoms with Crippen molar-refractivity contribution in [2.24, 2.45) is 9.98 Å². The zero-order chi connectivity index (χ0) is 29.0. The van der Waals surface area contributed by atoms with Crippen molar-refractivity contribution >= 4 is 51.2 Å². The van der Waals surface area contributed by atoms with Gasteiger partial charge in [-0.2, -0.15) is 0 Å². The number of fused-ring (bicyclic) bond motifs is 2. The highest BCUT2D eigenvalue weighted by molar-refractivity contribution is 6.07. The molecule has 1 atom stereocenters. The molecule has 2 heterocycles. The molecule has 43 heavy (non-hydrogen) atoms. The fraction of sp³-hybridized carbons (Fsp3) is 0.171. The van der Waals surface area contributed by atoms with Gasteiger partial charge in [0.2, 0.25) is 0 Å². The third-order valence-corrected chi connectivity index (χ3v) is 8.99. The van der Waals surface area contributed by atoms with E-state index in [9.17, 15) is 0 Å². The van der Waals surface area contributed by atoms with Crippen molar-refractivity contribution < 1.29 is 0 Å². The van der Waals surface area contributed by atoms with Gasteiger partial charge in [0.1, 0.15) is 0 Å². The van der Waals surface area contributed by atoms with Gasteiger partial charge >= 0.3 is 0 Å². The van der Waals surface area contributed by atoms with Crippen LogP contribution in [-0.2, 0) is 6.42 Å². The lowest BCUT2D eigenvalue weighted by Gasteiger charge is -2.21. The van der Waals surface area contributed by atoms with Crippen molar-refractivity contribution in [3.63, 3.8) is 0 Å². The largest absolute Gasteiger partial charge is 0.269 e. The van der Waals surface area contributed by atoms with Gasteiger partial charge in [-0.25, -0.2) is 0 Å². The molecule has 0 aromatic heterocycles. The summed E-state index contributed by atoms with van der Waals surface area (Å²) in [6.45, 7) is 4.14. The predicted molar refractivity (Wildman–Crippen MR) is 187 cm³/mol. The SMILES string of the molecule is C=Cc1cc(C2=CN=C(C3=CN=CCC3)CC2)ccc1/C=C\Cc1c2ccccc2c(C2C=CC=CC2)c2ccccc12. The molecular formula is C41H36N2. The van der Waals surface area contributed by atoms with E-state index in [2.05, 4.69) is 121 Å². The van der Waals surface area contributed by atoms with E-state index < -0.39 is 0 Å². The quantitative estimate of drug-likeness (QED) is 0.202. The van der Waals surface area contributed by atoms with Crippen LogP contribution in [0.1, 0.15) is 65.8 Å². The summed E-state index contributed by atoms with van der Waals surface area (Å²) in [5, 5.41) is 5.43. The van der Waals surface area contributed by atoms with Crippen LogP contribution in [0.4, 0.5) is 0 Å². The highest BCUT2D eigenvalue weighted by atomic mass is 14.7. The molecule has 0 saturated carbocycles. The molecule has 210 valence electrons. The predicted octanol–water partition coefficient (Wildman–Crippen LogP) is 10.8. The monoisotopic (exact) mass is 556 g/mol. The fourth-order valence-electron chi connectivity index (χ4n) is 6.79. The summed E-state index contributed by atoms with van der Waals surface area (Å²) in [6, 6.07) is 24.6. The Morgan fingerprint density at radius 2 is 1.58 bits per heavy atom. The Bertz CT molecular complexity index is 1880. The van der Waals surface area contributed by atoms with Crippen molar-refractivity contribution in [2.45, 2.75) is 44.4 Å². The Labute approximate surface area is 254 Å². The third-order valence-electron chi connectivity index (χ3n) is 8.99. The molecule has 2 heteroatoms. The van der Waals surface area contributed by atoms with E-state index in [-0.39, 0.29) is 0 Å². The van der Waals surface area contributed by atoms with Gasteiger partial charge in [0.25, 0.3) is 0 Å². The highest BCUT2D eigenvalue weighted by Gasteiger charge is 2.19. The zero-order valence-electron chi connectivity index (χ0n) is 24.5. The van der Waals surface area contributed by atoms with Crippen LogP contribution < -0.4 is 0 Å². The van der Waals surface area contributed by atoms with Crippen LogP contribution in [0, 0.1) is 0 Å². The highest BCUT2D eigenvalue weighted by Crippen LogP contribution is 2.40. The molecule has 7 rings (SSSR count). The van der Waals surface area contributed by atoms with Crippen molar-refractivity contribution in [3.05, 3.63) is 149 Å². The van der Waals surface area contributed by atoms with Crippen molar-refractivity contribution in [2.75, 3.05) is 0 Å². The summed E-state index contributed by atoms with van der Waals surface area (Å²) in [5.41, 5.74) is 10.1. The Morgan fingerprint density at radius 3 is 2.23 bits per heavy atom. The van der Waals surface area contributed by atoms with E-state index in [0.29, 0.717) is 5.92 Å². The van der Waals surface area contributed by atoms with Crippen molar-refractivity contribution in [1.82, 2.24) is 0 Å². The maximum Gasteiger partial charge on any atom is 0.0454 e. The molecular weight excluding hydrogens is 520 g/mol. The van der Waals surface area contributed by atoms with Crippen LogP contribution in [0.2, 0.25) is 0 Å². The minimum absolute atomic E-state index is 0.396. The molecule has 2 aliphatic heterocycles. The maximum absolute atomic E-state index is 4.82. The Kier molecular flexibility index (Phi) is 7.67. The number of nitrogens with zero attached hydrogens (tertiary/aromatic N) is 2. The lowest BCUT2D eigenvalue weighted by Crippen LogP contribution is -2.08. The van der Waals surface area contributed by atoms with Crippen LogP contribution in [0.5, 0.6) is 0 Å². The Morgan fingerprint density at radius 1 is 0.791 bits per heavy atom. The number of hydrogen-bond donors (Lipinski definition) is 0. The van der Waals surface area contributed by atoms with Gasteiger partial charge in [0, 0.05) is 30.2 Å². The topological polar surface area (TPSA) is 24.7 Å². The van der Waals surface area contributed by atoms with Crippen molar-refractivity contribution in [3.8, 4) is 0 Å². The minimum atomic E-state index is 0.396. The van der Waals surface area contributed by atoms with E-state index >= 15 is 0 Å². The minimum Gasteiger partial charge on any atom is -0.269 e. The molecule has 0 bridgehead atoms. The first-order valence-electron chi connectivity index (χ1n) is 15.5. The standard InChI is InChI=1S/C41H36N2/c1-2-29-26-32(33-23-24-40(43-28-33)34-15-11-25-42-27-34)22-21-30(29)14-10-20-35-36-16-6-8-18-38(36)41(31-12-4-3-5-13-31)39-19-9-7-17-37(35)39/h2-10,12,14,16-19,21-22,25-28,31H,1,11,13,15,20,23-24H2/b14-10-. The van der Waals surface area contributed by atoms with Gasteiger partial charge in [-0.15, -0.1) is 0 Å². The van der Waals surface area contributed by atoms with E-state index in [4.69, 9.17) is 4.99 Å². The lowest BCUT2D eigenvalue weighted by atomic mass is 9.82. The Hall–Kier alpha value is -4.82. The molecule has 0 radical (unpaired) electrons. The molecule has 4 aromatic carbocycles. The summed E-state index contributed by atoms with van der Waals surface area (Å²) in [7, 11) is 0. The Balaban J connectivity index is 1.19. The molecule has 4 aromatic rings. The number of aliphatic imine (C=N–C) groups is 2. The van der Waals surface area contributed by atoms with Crippen LogP contribution in [0.15, 0.2) is 132 Å². The number of rotatable bonds is 7. The van der Waals surface area contributed by atoms with Crippen LogP contribution >= 0.6 is 0 Å². The second-order valence-corrected chi connectivity index (χ2v) is 11.5. The number of hydrogen-bond acceptors (Lipinski definition) is 2. The summed E-state index contributed by atoms with van der Waals surface area (Å²) in [6.07, 6.45) is 27.5. The third kappa shape index (κ3) is 5.42. The maximum atomic E-state index is 4.82. The molecule has 2 nitrogen and oxygen atoms in total. The van der Waals surface area contributed by atoms with Gasteiger partial charge in [-0.05, 0) is 105 Å². The average Bonchev–Trinajstić information content (AvgIpc) is 3.09. The normalized spacial score (nSPS) is 18.2. The molecule has 3 aliphatic rings. The summed E-state index contributed by atoms with van der Waals surface area (Å²) >= 11 is 0. The fourth-order valence-corrected chi connectivity index (χ4v) is 6.79. The summed E-state index contributed by atoms with van der Waals surface area (Å²) in [4.78, 5) is 9.15. The number of allylic oxidation sites excluding steroid dienone is 7. The van der Waals surface area contributed by atoms with Crippen molar-refractivity contribution in [1.29, 1.82) is 0 Å². The van der Waals surface area contributed by atoms with E-state index in [0.717, 1.165) is 44.1 Å². The zero-order valence-corrected chi connectivity index (χ0v) is 24.5. The van der Waals surface area contributed by atoms with Gasteiger partial charge in [0.05, 0.1) is 0 Å². The molecule has 1 unspecified atom stereocenters. The van der Waals surface area contributed by atoms with Gasteiger partial charge in [0.15, 0.2) is 0 Å². The summed E-state index contributed by atoms with van der Waals surface area (Å²) < 4.78 is 0. The second kappa shape index (κ2) is 12.2. The van der Waals surface area contributed by atoms with E-state index in [1.54, 1.807) is 0 Å². The van der Waals surface area contributed by atoms with E-state index in [1.165, 1.54) is 60.7 Å². The van der Waals surface area contributed by atoms with Crippen LogP contribution in [0.25, 0.3) is 39.3 Å². The smallest absolute Gasteiger partial charge is 0.0454 e. The number of benzene rings is 4. The molecule has 0 spiro atoms. The first-order chi connectivity index (χ1) is 21.3. The molecule has 1 aliphatic carbocycles. The molecule has 0 N–H and O–H groups in total. The molecule has 0 saturated heterocycles. The van der Waals surface area contributed by atoms with Gasteiger partial charge in [-0.1, -0.05) is 110 Å². The summed E-state index contributed by atoms with van der Waals surface area (Å²) in [5.74, 6) is 0.396. The molecule has 0 amide bonds. The van der Waals surface area contributed by atoms with Crippen LogP contribution in [0.3, 0.4) is 0 Å². The van der Waals surface area contributed by atoms with Gasteiger partial charge < -0.3 is 0 Å². The van der Waals surface area contributed by atoms with Crippen LogP contribution in [-0.4, -0.2) is 11.9 Å². The second-order valence-electron chi connectivity index (χ2n) is 11.5. The van der Waals surface area contributed by atoms with E-state index in [1.807, 2.05) is 18.5 Å². The lowest BCUT2D eigenvalue weighted by molar-refractivity contribution is 0.869.